The Morgan fingerprint density at radius 2 is 1.47 bits per heavy atom. The van der Waals surface area contributed by atoms with E-state index in [1.165, 1.54) is 4.31 Å². The molecule has 3 aromatic rings. The minimum atomic E-state index is -3.39. The minimum Gasteiger partial charge on any atom is -0.325 e. The third kappa shape index (κ3) is 5.79. The summed E-state index contributed by atoms with van der Waals surface area (Å²) in [4.78, 5) is 15.0. The molecule has 0 unspecified atom stereocenters. The van der Waals surface area contributed by atoms with Crippen molar-refractivity contribution in [3.63, 3.8) is 0 Å². The molecule has 166 valence electrons. The van der Waals surface area contributed by atoms with Gasteiger partial charge in [-0.3, -0.25) is 4.79 Å². The maximum atomic E-state index is 12.9. The van der Waals surface area contributed by atoms with E-state index in [9.17, 15) is 13.2 Å². The number of carbonyl (C=O) groups is 1. The van der Waals surface area contributed by atoms with Crippen LogP contribution in [-0.2, 0) is 20.6 Å². The Balaban J connectivity index is 1.35. The number of para-hydroxylation sites is 1. The summed E-state index contributed by atoms with van der Waals surface area (Å²) < 4.78 is 27.0. The summed E-state index contributed by atoms with van der Waals surface area (Å²) in [6, 6.07) is 27.0. The van der Waals surface area contributed by atoms with Crippen molar-refractivity contribution >= 4 is 33.4 Å². The molecule has 0 saturated carbocycles. The molecule has 1 N–H and O–H groups in total. The van der Waals surface area contributed by atoms with Crippen LogP contribution in [-0.4, -0.2) is 31.7 Å². The monoisotopic (exact) mass is 466 g/mol. The highest BCUT2D eigenvalue weighted by Crippen LogP contribution is 2.34. The molecule has 1 heterocycles. The van der Waals surface area contributed by atoms with Gasteiger partial charge in [0.05, 0.1) is 11.4 Å². The zero-order valence-corrected chi connectivity index (χ0v) is 19.3. The minimum absolute atomic E-state index is 0.00517. The molecule has 7 heteroatoms. The van der Waals surface area contributed by atoms with Crippen LogP contribution in [0.2, 0.25) is 0 Å². The fraction of sp³-hybridized carbons (Fsp3) is 0.240. The highest BCUT2D eigenvalue weighted by molar-refractivity contribution is 7.99. The first kappa shape index (κ1) is 22.6. The Bertz CT molecular complexity index is 1140. The van der Waals surface area contributed by atoms with Crippen LogP contribution in [0, 0.1) is 5.92 Å². The van der Waals surface area contributed by atoms with Gasteiger partial charge in [-0.15, -0.1) is 0 Å². The highest BCUT2D eigenvalue weighted by atomic mass is 32.2. The van der Waals surface area contributed by atoms with Crippen LogP contribution >= 0.6 is 11.8 Å². The molecule has 0 aromatic heterocycles. The molecule has 1 aliphatic heterocycles. The maximum absolute atomic E-state index is 12.9. The van der Waals surface area contributed by atoms with Crippen LogP contribution in [0.1, 0.15) is 18.4 Å². The molecule has 0 radical (unpaired) electrons. The topological polar surface area (TPSA) is 66.5 Å². The van der Waals surface area contributed by atoms with Gasteiger partial charge in [-0.25, -0.2) is 12.7 Å². The Labute approximate surface area is 193 Å². The summed E-state index contributed by atoms with van der Waals surface area (Å²) in [5.41, 5.74) is 1.56. The highest BCUT2D eigenvalue weighted by Gasteiger charge is 2.31. The van der Waals surface area contributed by atoms with E-state index in [-0.39, 0.29) is 17.6 Å². The number of sulfonamides is 1. The van der Waals surface area contributed by atoms with Crippen LogP contribution < -0.4 is 5.32 Å². The number of amides is 1. The lowest BCUT2D eigenvalue weighted by molar-refractivity contribution is -0.120. The van der Waals surface area contributed by atoms with Gasteiger partial charge in [-0.1, -0.05) is 72.4 Å². The second kappa shape index (κ2) is 10.3. The van der Waals surface area contributed by atoms with Gasteiger partial charge < -0.3 is 5.32 Å². The zero-order chi connectivity index (χ0) is 22.4. The Hall–Kier alpha value is -2.61. The number of nitrogens with zero attached hydrogens (tertiary/aromatic N) is 1. The molecule has 0 spiro atoms. The lowest BCUT2D eigenvalue weighted by Crippen LogP contribution is -2.41. The number of piperidine rings is 1. The molecule has 0 bridgehead atoms. The SMILES string of the molecule is O=C(Nc1ccccc1Sc1ccccc1)C1CCN(S(=O)(=O)Cc2ccccc2)CC1. The fourth-order valence-electron chi connectivity index (χ4n) is 3.78. The van der Waals surface area contributed by atoms with Crippen molar-refractivity contribution in [1.29, 1.82) is 0 Å². The van der Waals surface area contributed by atoms with Crippen LogP contribution in [0.3, 0.4) is 0 Å². The van der Waals surface area contributed by atoms with E-state index in [1.54, 1.807) is 11.8 Å². The lowest BCUT2D eigenvalue weighted by Gasteiger charge is -2.30. The van der Waals surface area contributed by atoms with E-state index in [2.05, 4.69) is 5.32 Å². The van der Waals surface area contributed by atoms with E-state index in [0.717, 1.165) is 21.0 Å². The van der Waals surface area contributed by atoms with Crippen LogP contribution in [0.25, 0.3) is 0 Å². The molecule has 1 saturated heterocycles. The van der Waals surface area contributed by atoms with Gasteiger partial charge >= 0.3 is 0 Å². The number of benzene rings is 3. The number of rotatable bonds is 7. The lowest BCUT2D eigenvalue weighted by atomic mass is 9.97. The fourth-order valence-corrected chi connectivity index (χ4v) is 6.27. The smallest absolute Gasteiger partial charge is 0.227 e. The van der Waals surface area contributed by atoms with Gasteiger partial charge in [-0.2, -0.15) is 0 Å². The van der Waals surface area contributed by atoms with Gasteiger partial charge in [-0.05, 0) is 42.7 Å². The van der Waals surface area contributed by atoms with Crippen molar-refractivity contribution in [3.8, 4) is 0 Å². The van der Waals surface area contributed by atoms with Crippen LogP contribution in [0.5, 0.6) is 0 Å². The maximum Gasteiger partial charge on any atom is 0.227 e. The first-order valence-electron chi connectivity index (χ1n) is 10.7. The molecule has 3 aromatic carbocycles. The summed E-state index contributed by atoms with van der Waals surface area (Å²) in [6.07, 6.45) is 1.04. The molecule has 4 rings (SSSR count). The summed E-state index contributed by atoms with van der Waals surface area (Å²) in [5.74, 6) is -0.256. The molecular formula is C25H26N2O3S2. The van der Waals surface area contributed by atoms with Crippen molar-refractivity contribution < 1.29 is 13.2 Å². The standard InChI is InChI=1S/C25H26N2O3S2/c28-25(26-23-13-7-8-14-24(23)31-22-11-5-2-6-12-22)21-15-17-27(18-16-21)32(29,30)19-20-9-3-1-4-10-20/h1-14,21H,15-19H2,(H,26,28). The van der Waals surface area contributed by atoms with E-state index < -0.39 is 10.0 Å². The first-order chi connectivity index (χ1) is 15.5. The molecule has 5 nitrogen and oxygen atoms in total. The quantitative estimate of drug-likeness (QED) is 0.531. The van der Waals surface area contributed by atoms with Crippen molar-refractivity contribution in [1.82, 2.24) is 4.31 Å². The largest absolute Gasteiger partial charge is 0.325 e. The van der Waals surface area contributed by atoms with Crippen molar-refractivity contribution in [2.24, 2.45) is 5.92 Å². The summed E-state index contributed by atoms with van der Waals surface area (Å²) in [6.45, 7) is 0.737. The zero-order valence-electron chi connectivity index (χ0n) is 17.7. The molecule has 32 heavy (non-hydrogen) atoms. The number of hydrogen-bond donors (Lipinski definition) is 1. The predicted molar refractivity (Wildman–Crippen MR) is 129 cm³/mol. The van der Waals surface area contributed by atoms with E-state index in [4.69, 9.17) is 0 Å². The van der Waals surface area contributed by atoms with Gasteiger partial charge in [0.15, 0.2) is 0 Å². The molecule has 1 fully saturated rings. The first-order valence-corrected chi connectivity index (χ1v) is 13.1. The second-order valence-corrected chi connectivity index (χ2v) is 10.9. The number of carbonyl (C=O) groups excluding carboxylic acids is 1. The summed E-state index contributed by atoms with van der Waals surface area (Å²) in [5, 5.41) is 3.07. The third-order valence-electron chi connectivity index (χ3n) is 5.53. The van der Waals surface area contributed by atoms with E-state index >= 15 is 0 Å². The van der Waals surface area contributed by atoms with E-state index in [0.29, 0.717) is 25.9 Å². The summed E-state index contributed by atoms with van der Waals surface area (Å²) in [7, 11) is -3.39. The number of hydrogen-bond acceptors (Lipinski definition) is 4. The van der Waals surface area contributed by atoms with Crippen LogP contribution in [0.4, 0.5) is 5.69 Å². The molecule has 0 aliphatic carbocycles. The Morgan fingerprint density at radius 3 is 2.16 bits per heavy atom. The van der Waals surface area contributed by atoms with Gasteiger partial charge in [0.25, 0.3) is 0 Å². The Morgan fingerprint density at radius 1 is 0.875 bits per heavy atom. The predicted octanol–water partition coefficient (Wildman–Crippen LogP) is 5.02. The third-order valence-corrected chi connectivity index (χ3v) is 8.46. The normalized spacial score (nSPS) is 15.4. The van der Waals surface area contributed by atoms with Crippen molar-refractivity contribution in [3.05, 3.63) is 90.5 Å². The van der Waals surface area contributed by atoms with Crippen LogP contribution in [0.15, 0.2) is 94.7 Å². The van der Waals surface area contributed by atoms with E-state index in [1.807, 2.05) is 84.9 Å². The van der Waals surface area contributed by atoms with Gasteiger partial charge in [0, 0.05) is 28.8 Å². The molecule has 1 aliphatic rings. The van der Waals surface area contributed by atoms with Gasteiger partial charge in [0.1, 0.15) is 0 Å². The van der Waals surface area contributed by atoms with Crippen molar-refractivity contribution in [2.45, 2.75) is 28.4 Å². The Kier molecular flexibility index (Phi) is 7.29. The average Bonchev–Trinajstić information content (AvgIpc) is 2.81. The number of nitrogens with one attached hydrogen (secondary N) is 1. The average molecular weight is 467 g/mol. The molecule has 0 atom stereocenters. The number of anilines is 1. The van der Waals surface area contributed by atoms with Crippen molar-refractivity contribution in [2.75, 3.05) is 18.4 Å². The molecule has 1 amide bonds. The van der Waals surface area contributed by atoms with Gasteiger partial charge in [0.2, 0.25) is 15.9 Å². The second-order valence-electron chi connectivity index (χ2n) is 7.82. The summed E-state index contributed by atoms with van der Waals surface area (Å²) >= 11 is 1.61. The molecular weight excluding hydrogens is 440 g/mol.